The van der Waals surface area contributed by atoms with Crippen LogP contribution in [-0.4, -0.2) is 11.0 Å². The molecule has 0 bridgehead atoms. The van der Waals surface area contributed by atoms with Crippen molar-refractivity contribution in [1.29, 1.82) is 0 Å². The highest BCUT2D eigenvalue weighted by Crippen LogP contribution is 2.22. The molecular weight excluding hydrogens is 326 g/mol. The summed E-state index contributed by atoms with van der Waals surface area (Å²) in [5.41, 5.74) is 2.04. The molecule has 0 atom stereocenters. The number of aryl methyl sites for hydroxylation is 1. The van der Waals surface area contributed by atoms with Gasteiger partial charge in [0.15, 0.2) is 0 Å². The van der Waals surface area contributed by atoms with Gasteiger partial charge in [0.05, 0.1) is 5.56 Å². The van der Waals surface area contributed by atoms with Gasteiger partial charge >= 0.3 is 5.97 Å². The fourth-order valence-corrected chi connectivity index (χ4v) is 2.80. The van der Waals surface area contributed by atoms with E-state index < -0.39 is 0 Å². The fourth-order valence-electron chi connectivity index (χ4n) is 2.80. The lowest BCUT2D eigenvalue weighted by Gasteiger charge is -2.05. The van der Waals surface area contributed by atoms with E-state index >= 15 is 0 Å². The predicted molar refractivity (Wildman–Crippen MR) is 99.7 cm³/mol. The minimum Gasteiger partial charge on any atom is -0.455 e. The Morgan fingerprint density at radius 1 is 0.962 bits per heavy atom. The summed E-state index contributed by atoms with van der Waals surface area (Å²) in [7, 11) is 0. The van der Waals surface area contributed by atoms with E-state index in [4.69, 9.17) is 9.15 Å². The van der Waals surface area contributed by atoms with Crippen LogP contribution in [-0.2, 0) is 11.3 Å². The van der Waals surface area contributed by atoms with Gasteiger partial charge in [0.25, 0.3) is 0 Å². The third-order valence-electron chi connectivity index (χ3n) is 4.24. The van der Waals surface area contributed by atoms with E-state index in [1.165, 1.54) is 0 Å². The smallest absolute Gasteiger partial charge is 0.338 e. The van der Waals surface area contributed by atoms with Gasteiger partial charge in [-0.3, -0.25) is 0 Å². The van der Waals surface area contributed by atoms with Gasteiger partial charge in [0.1, 0.15) is 18.1 Å². The van der Waals surface area contributed by atoms with Gasteiger partial charge in [-0.25, -0.2) is 9.78 Å². The van der Waals surface area contributed by atoms with Crippen LogP contribution in [0.1, 0.15) is 21.8 Å². The third-order valence-corrected chi connectivity index (χ3v) is 4.24. The number of nitrogens with zero attached hydrogens (tertiary/aromatic N) is 1. The van der Waals surface area contributed by atoms with Crippen molar-refractivity contribution in [3.8, 4) is 11.5 Å². The van der Waals surface area contributed by atoms with Crippen molar-refractivity contribution < 1.29 is 13.9 Å². The van der Waals surface area contributed by atoms with Crippen molar-refractivity contribution in [2.75, 3.05) is 0 Å². The molecule has 0 aliphatic rings. The Morgan fingerprint density at radius 2 is 1.69 bits per heavy atom. The minimum absolute atomic E-state index is 0.0772. The SMILES string of the molecule is Cc1oc(-c2ccccc2)nc1COC(=O)c1ccc2ccccc2c1. The van der Waals surface area contributed by atoms with Crippen LogP contribution in [0.5, 0.6) is 0 Å². The standard InChI is InChI=1S/C22H17NO3/c1-15-20(23-21(26-15)17-8-3-2-4-9-17)14-25-22(24)19-12-11-16-7-5-6-10-18(16)13-19/h2-13H,14H2,1H3. The second-order valence-electron chi connectivity index (χ2n) is 6.03. The Balaban J connectivity index is 1.49. The number of esters is 1. The number of carbonyl (C=O) groups excluding carboxylic acids is 1. The summed E-state index contributed by atoms with van der Waals surface area (Å²) < 4.78 is 11.1. The van der Waals surface area contributed by atoms with Gasteiger partial charge in [-0.1, -0.05) is 48.5 Å². The lowest BCUT2D eigenvalue weighted by Crippen LogP contribution is -2.06. The molecular formula is C22H17NO3. The molecule has 4 rings (SSSR count). The number of aromatic nitrogens is 1. The topological polar surface area (TPSA) is 52.3 Å². The molecule has 0 fully saturated rings. The van der Waals surface area contributed by atoms with E-state index in [0.717, 1.165) is 16.3 Å². The molecule has 0 radical (unpaired) electrons. The quantitative estimate of drug-likeness (QED) is 0.480. The zero-order valence-electron chi connectivity index (χ0n) is 14.3. The lowest BCUT2D eigenvalue weighted by atomic mass is 10.1. The molecule has 0 saturated heterocycles. The second kappa shape index (κ2) is 6.84. The third kappa shape index (κ3) is 3.22. The number of hydrogen-bond donors (Lipinski definition) is 0. The summed E-state index contributed by atoms with van der Waals surface area (Å²) in [4.78, 5) is 16.8. The molecule has 4 aromatic rings. The average Bonchev–Trinajstić information content (AvgIpc) is 3.07. The maximum absolute atomic E-state index is 12.4. The van der Waals surface area contributed by atoms with Crippen LogP contribution in [0.2, 0.25) is 0 Å². The minimum atomic E-state index is -0.376. The normalized spacial score (nSPS) is 10.8. The van der Waals surface area contributed by atoms with E-state index in [9.17, 15) is 4.79 Å². The maximum Gasteiger partial charge on any atom is 0.338 e. The van der Waals surface area contributed by atoms with Crippen LogP contribution in [0, 0.1) is 6.92 Å². The number of carbonyl (C=O) groups is 1. The Morgan fingerprint density at radius 3 is 2.50 bits per heavy atom. The van der Waals surface area contributed by atoms with Gasteiger partial charge in [-0.2, -0.15) is 0 Å². The van der Waals surface area contributed by atoms with Gasteiger partial charge < -0.3 is 9.15 Å². The molecule has 0 aliphatic carbocycles. The van der Waals surface area contributed by atoms with Gasteiger partial charge in [0.2, 0.25) is 5.89 Å². The number of hydrogen-bond acceptors (Lipinski definition) is 4. The van der Waals surface area contributed by atoms with E-state index in [-0.39, 0.29) is 12.6 Å². The summed E-state index contributed by atoms with van der Waals surface area (Å²) in [6, 6.07) is 23.1. The van der Waals surface area contributed by atoms with Crippen LogP contribution in [0.25, 0.3) is 22.2 Å². The number of ether oxygens (including phenoxy) is 1. The van der Waals surface area contributed by atoms with Crippen molar-refractivity contribution in [2.45, 2.75) is 13.5 Å². The first-order chi connectivity index (χ1) is 12.7. The summed E-state index contributed by atoms with van der Waals surface area (Å²) in [6.07, 6.45) is 0. The van der Waals surface area contributed by atoms with Crippen molar-refractivity contribution in [3.63, 3.8) is 0 Å². The highest BCUT2D eigenvalue weighted by Gasteiger charge is 2.14. The monoisotopic (exact) mass is 343 g/mol. The first-order valence-electron chi connectivity index (χ1n) is 8.38. The first-order valence-corrected chi connectivity index (χ1v) is 8.38. The predicted octanol–water partition coefficient (Wildman–Crippen LogP) is 5.16. The van der Waals surface area contributed by atoms with E-state index in [2.05, 4.69) is 4.98 Å². The number of rotatable bonds is 4. The second-order valence-corrected chi connectivity index (χ2v) is 6.03. The van der Waals surface area contributed by atoms with E-state index in [1.54, 1.807) is 6.07 Å². The van der Waals surface area contributed by atoms with Crippen LogP contribution in [0.4, 0.5) is 0 Å². The summed E-state index contributed by atoms with van der Waals surface area (Å²) >= 11 is 0. The van der Waals surface area contributed by atoms with Crippen LogP contribution >= 0.6 is 0 Å². The van der Waals surface area contributed by atoms with Crippen LogP contribution < -0.4 is 0 Å². The molecule has 0 aliphatic heterocycles. The van der Waals surface area contributed by atoms with Gasteiger partial charge in [-0.15, -0.1) is 0 Å². The summed E-state index contributed by atoms with van der Waals surface area (Å²) in [5.74, 6) is 0.800. The molecule has 0 amide bonds. The summed E-state index contributed by atoms with van der Waals surface area (Å²) in [6.45, 7) is 1.90. The largest absolute Gasteiger partial charge is 0.455 e. The molecule has 1 aromatic heterocycles. The highest BCUT2D eigenvalue weighted by atomic mass is 16.5. The molecule has 0 saturated carbocycles. The maximum atomic E-state index is 12.4. The first kappa shape index (κ1) is 16.1. The number of oxazole rings is 1. The zero-order valence-corrected chi connectivity index (χ0v) is 14.3. The Bertz CT molecular complexity index is 1070. The fraction of sp³-hybridized carbons (Fsp3) is 0.0909. The zero-order chi connectivity index (χ0) is 17.9. The molecule has 4 nitrogen and oxygen atoms in total. The number of benzene rings is 3. The van der Waals surface area contributed by atoms with Crippen LogP contribution in [0.15, 0.2) is 77.2 Å². The lowest BCUT2D eigenvalue weighted by molar-refractivity contribution is 0.0467. The molecule has 1 heterocycles. The molecule has 3 aromatic carbocycles. The van der Waals surface area contributed by atoms with Gasteiger partial charge in [0, 0.05) is 5.56 Å². The van der Waals surface area contributed by atoms with Crippen molar-refractivity contribution in [3.05, 3.63) is 89.8 Å². The molecule has 128 valence electrons. The average molecular weight is 343 g/mol. The Hall–Kier alpha value is -3.40. The Kier molecular flexibility index (Phi) is 4.23. The van der Waals surface area contributed by atoms with E-state index in [1.807, 2.05) is 73.7 Å². The molecule has 0 spiro atoms. The summed E-state index contributed by atoms with van der Waals surface area (Å²) in [5, 5.41) is 2.09. The molecule has 0 unspecified atom stereocenters. The Labute approximate surface area is 151 Å². The van der Waals surface area contributed by atoms with Crippen LogP contribution in [0.3, 0.4) is 0 Å². The number of fused-ring (bicyclic) bond motifs is 1. The van der Waals surface area contributed by atoms with Crippen molar-refractivity contribution in [1.82, 2.24) is 4.98 Å². The van der Waals surface area contributed by atoms with E-state index in [0.29, 0.717) is 22.9 Å². The van der Waals surface area contributed by atoms with Crippen molar-refractivity contribution in [2.24, 2.45) is 0 Å². The van der Waals surface area contributed by atoms with Crippen molar-refractivity contribution >= 4 is 16.7 Å². The molecule has 0 N–H and O–H groups in total. The molecule has 26 heavy (non-hydrogen) atoms. The highest BCUT2D eigenvalue weighted by molar-refractivity contribution is 5.95. The van der Waals surface area contributed by atoms with Gasteiger partial charge in [-0.05, 0) is 42.0 Å². The molecule has 4 heteroatoms.